The van der Waals surface area contributed by atoms with E-state index in [2.05, 4.69) is 41.9 Å². The summed E-state index contributed by atoms with van der Waals surface area (Å²) in [5.74, 6) is 1.52. The molecule has 0 fully saturated rings. The van der Waals surface area contributed by atoms with Crippen molar-refractivity contribution >= 4 is 10.9 Å². The first-order valence-electron chi connectivity index (χ1n) is 8.23. The number of ether oxygens (including phenoxy) is 1. The maximum atomic E-state index is 5.99. The molecule has 1 unspecified atom stereocenters. The lowest BCUT2D eigenvalue weighted by atomic mass is 10.1. The van der Waals surface area contributed by atoms with Crippen LogP contribution < -0.4 is 10.5 Å². The van der Waals surface area contributed by atoms with Gasteiger partial charge in [-0.2, -0.15) is 0 Å². The topological polar surface area (TPSA) is 40.2 Å². The van der Waals surface area contributed by atoms with Gasteiger partial charge in [-0.3, -0.25) is 0 Å². The van der Waals surface area contributed by atoms with Crippen LogP contribution in [-0.2, 0) is 26.5 Å². The molecule has 1 aliphatic carbocycles. The molecule has 1 heterocycles. The molecule has 0 amide bonds. The van der Waals surface area contributed by atoms with Gasteiger partial charge in [0.05, 0.1) is 0 Å². The summed E-state index contributed by atoms with van der Waals surface area (Å²) >= 11 is 0. The SMILES string of the molecule is Cn1c2c(c3cc(OCc4ccccc4)ccc31)CC(CN)C2. The Morgan fingerprint density at radius 3 is 2.74 bits per heavy atom. The van der Waals surface area contributed by atoms with E-state index < -0.39 is 0 Å². The van der Waals surface area contributed by atoms with Crippen molar-refractivity contribution in [3.05, 3.63) is 65.4 Å². The summed E-state index contributed by atoms with van der Waals surface area (Å²) in [7, 11) is 2.16. The van der Waals surface area contributed by atoms with Gasteiger partial charge in [0.1, 0.15) is 12.4 Å². The van der Waals surface area contributed by atoms with Gasteiger partial charge >= 0.3 is 0 Å². The zero-order valence-electron chi connectivity index (χ0n) is 13.5. The summed E-state index contributed by atoms with van der Waals surface area (Å²) < 4.78 is 8.31. The highest BCUT2D eigenvalue weighted by molar-refractivity contribution is 5.87. The van der Waals surface area contributed by atoms with Crippen molar-refractivity contribution in [2.45, 2.75) is 19.4 Å². The number of rotatable bonds is 4. The van der Waals surface area contributed by atoms with E-state index >= 15 is 0 Å². The predicted octanol–water partition coefficient (Wildman–Crippen LogP) is 3.43. The lowest BCUT2D eigenvalue weighted by molar-refractivity contribution is 0.306. The first kappa shape index (κ1) is 14.3. The average molecular weight is 306 g/mol. The van der Waals surface area contributed by atoms with Crippen molar-refractivity contribution in [1.82, 2.24) is 4.57 Å². The Kier molecular flexibility index (Phi) is 3.58. The molecule has 0 saturated carbocycles. The molecule has 3 aromatic rings. The van der Waals surface area contributed by atoms with Crippen LogP contribution in [0.15, 0.2) is 48.5 Å². The largest absolute Gasteiger partial charge is 0.489 e. The highest BCUT2D eigenvalue weighted by Gasteiger charge is 2.26. The summed E-state index contributed by atoms with van der Waals surface area (Å²) in [6, 6.07) is 16.7. The zero-order valence-corrected chi connectivity index (χ0v) is 13.5. The lowest BCUT2D eigenvalue weighted by Crippen LogP contribution is -2.14. The van der Waals surface area contributed by atoms with Crippen molar-refractivity contribution in [2.75, 3.05) is 6.54 Å². The van der Waals surface area contributed by atoms with E-state index in [0.29, 0.717) is 12.5 Å². The normalized spacial score (nSPS) is 16.7. The molecule has 4 rings (SSSR count). The Morgan fingerprint density at radius 1 is 1.13 bits per heavy atom. The molecule has 1 aliphatic rings. The molecule has 0 aliphatic heterocycles. The van der Waals surface area contributed by atoms with Gasteiger partial charge in [-0.25, -0.2) is 0 Å². The molecule has 118 valence electrons. The molecule has 23 heavy (non-hydrogen) atoms. The van der Waals surface area contributed by atoms with Crippen molar-refractivity contribution in [3.8, 4) is 5.75 Å². The summed E-state index contributed by atoms with van der Waals surface area (Å²) in [5, 5.41) is 1.32. The molecule has 0 saturated heterocycles. The van der Waals surface area contributed by atoms with E-state index in [9.17, 15) is 0 Å². The Morgan fingerprint density at radius 2 is 1.96 bits per heavy atom. The third-order valence-electron chi connectivity index (χ3n) is 4.96. The van der Waals surface area contributed by atoms with Crippen molar-refractivity contribution in [1.29, 1.82) is 0 Å². The summed E-state index contributed by atoms with van der Waals surface area (Å²) in [5.41, 5.74) is 11.3. The Bertz CT molecular complexity index is 836. The highest BCUT2D eigenvalue weighted by atomic mass is 16.5. The van der Waals surface area contributed by atoms with E-state index in [1.165, 1.54) is 27.7 Å². The molecular formula is C20H22N2O. The minimum Gasteiger partial charge on any atom is -0.489 e. The van der Waals surface area contributed by atoms with Crippen LogP contribution in [0.25, 0.3) is 10.9 Å². The third-order valence-corrected chi connectivity index (χ3v) is 4.96. The monoisotopic (exact) mass is 306 g/mol. The van der Waals surface area contributed by atoms with E-state index in [-0.39, 0.29) is 0 Å². The first-order valence-corrected chi connectivity index (χ1v) is 8.23. The lowest BCUT2D eigenvalue weighted by Gasteiger charge is -2.09. The van der Waals surface area contributed by atoms with Gasteiger partial charge in [-0.15, -0.1) is 0 Å². The number of benzene rings is 2. The van der Waals surface area contributed by atoms with E-state index in [1.54, 1.807) is 0 Å². The van der Waals surface area contributed by atoms with Crippen molar-refractivity contribution in [3.63, 3.8) is 0 Å². The van der Waals surface area contributed by atoms with E-state index in [1.807, 2.05) is 18.2 Å². The minimum absolute atomic E-state index is 0.587. The number of nitrogens with two attached hydrogens (primary N) is 1. The van der Waals surface area contributed by atoms with Crippen LogP contribution in [0.1, 0.15) is 16.8 Å². The van der Waals surface area contributed by atoms with Crippen LogP contribution in [0.2, 0.25) is 0 Å². The summed E-state index contributed by atoms with van der Waals surface area (Å²) in [6.45, 7) is 1.37. The summed E-state index contributed by atoms with van der Waals surface area (Å²) in [4.78, 5) is 0. The number of hydrogen-bond donors (Lipinski definition) is 1. The smallest absolute Gasteiger partial charge is 0.120 e. The van der Waals surface area contributed by atoms with Gasteiger partial charge < -0.3 is 15.0 Å². The number of aromatic nitrogens is 1. The van der Waals surface area contributed by atoms with E-state index in [0.717, 1.165) is 25.1 Å². The molecule has 0 radical (unpaired) electrons. The van der Waals surface area contributed by atoms with Crippen LogP contribution in [0.3, 0.4) is 0 Å². The number of aryl methyl sites for hydroxylation is 1. The van der Waals surface area contributed by atoms with E-state index in [4.69, 9.17) is 10.5 Å². The maximum Gasteiger partial charge on any atom is 0.120 e. The third kappa shape index (κ3) is 2.51. The minimum atomic E-state index is 0.587. The molecule has 3 nitrogen and oxygen atoms in total. The molecule has 2 aromatic carbocycles. The second-order valence-corrected chi connectivity index (χ2v) is 6.45. The first-order chi connectivity index (χ1) is 11.3. The molecule has 1 atom stereocenters. The number of hydrogen-bond acceptors (Lipinski definition) is 2. The number of fused-ring (bicyclic) bond motifs is 3. The zero-order chi connectivity index (χ0) is 15.8. The standard InChI is InChI=1S/C20H22N2O/c1-22-19-8-7-16(23-13-14-5-3-2-4-6-14)11-18(19)17-9-15(12-21)10-20(17)22/h2-8,11,15H,9-10,12-13,21H2,1H3. The fraction of sp³-hybridized carbons (Fsp3) is 0.300. The van der Waals surface area contributed by atoms with Crippen LogP contribution in [0.5, 0.6) is 5.75 Å². The van der Waals surface area contributed by atoms with Gasteiger partial charge in [-0.1, -0.05) is 30.3 Å². The van der Waals surface area contributed by atoms with Gasteiger partial charge in [0, 0.05) is 23.6 Å². The van der Waals surface area contributed by atoms with Crippen molar-refractivity contribution < 1.29 is 4.74 Å². The Balaban J connectivity index is 1.63. The molecule has 0 spiro atoms. The fourth-order valence-electron chi connectivity index (χ4n) is 3.67. The fourth-order valence-corrected chi connectivity index (χ4v) is 3.67. The van der Waals surface area contributed by atoms with Crippen LogP contribution in [0, 0.1) is 5.92 Å². The molecule has 3 heteroatoms. The maximum absolute atomic E-state index is 5.99. The van der Waals surface area contributed by atoms with Gasteiger partial charge in [0.2, 0.25) is 0 Å². The quantitative estimate of drug-likeness (QED) is 0.802. The highest BCUT2D eigenvalue weighted by Crippen LogP contribution is 2.36. The van der Waals surface area contributed by atoms with Gasteiger partial charge in [0.25, 0.3) is 0 Å². The van der Waals surface area contributed by atoms with Crippen molar-refractivity contribution in [2.24, 2.45) is 18.7 Å². The van der Waals surface area contributed by atoms with Crippen LogP contribution in [-0.4, -0.2) is 11.1 Å². The Labute approximate surface area is 136 Å². The molecular weight excluding hydrogens is 284 g/mol. The van der Waals surface area contributed by atoms with Crippen LogP contribution in [0.4, 0.5) is 0 Å². The predicted molar refractivity (Wildman–Crippen MR) is 93.6 cm³/mol. The molecule has 1 aromatic heterocycles. The number of nitrogens with zero attached hydrogens (tertiary/aromatic N) is 1. The average Bonchev–Trinajstić information content (AvgIpc) is 3.13. The molecule has 2 N–H and O–H groups in total. The molecule has 0 bridgehead atoms. The Hall–Kier alpha value is -2.26. The summed E-state index contributed by atoms with van der Waals surface area (Å²) in [6.07, 6.45) is 2.18. The second kappa shape index (κ2) is 5.74. The van der Waals surface area contributed by atoms with Gasteiger partial charge in [-0.05, 0) is 54.6 Å². The van der Waals surface area contributed by atoms with Gasteiger partial charge in [0.15, 0.2) is 0 Å². The van der Waals surface area contributed by atoms with Crippen LogP contribution >= 0.6 is 0 Å². The second-order valence-electron chi connectivity index (χ2n) is 6.45.